The standard InChI is InChI=1S/C14H11ClO2/c1-2-3-6-11-12(15)14(17)10-8-5-4-7-9(10)13(11)16/h2-5,7-8H,6H2,1H3. The largest absolute Gasteiger partial charge is 0.289 e. The second-order valence-electron chi connectivity index (χ2n) is 3.77. The third kappa shape index (κ3) is 1.96. The van der Waals surface area contributed by atoms with Crippen LogP contribution in [0, 0.1) is 0 Å². The monoisotopic (exact) mass is 246 g/mol. The van der Waals surface area contributed by atoms with Crippen LogP contribution < -0.4 is 0 Å². The zero-order valence-corrected chi connectivity index (χ0v) is 10.1. The number of hydrogen-bond acceptors (Lipinski definition) is 2. The van der Waals surface area contributed by atoms with E-state index in [1.165, 1.54) is 0 Å². The molecular formula is C14H11ClO2. The van der Waals surface area contributed by atoms with Crippen molar-refractivity contribution in [1.82, 2.24) is 0 Å². The van der Waals surface area contributed by atoms with Gasteiger partial charge >= 0.3 is 0 Å². The number of carbonyl (C=O) groups excluding carboxylic acids is 2. The Morgan fingerprint density at radius 1 is 1.12 bits per heavy atom. The van der Waals surface area contributed by atoms with Crippen molar-refractivity contribution in [2.75, 3.05) is 0 Å². The Morgan fingerprint density at radius 3 is 2.29 bits per heavy atom. The number of allylic oxidation sites excluding steroid dienone is 4. The van der Waals surface area contributed by atoms with Gasteiger partial charge in [0.25, 0.3) is 0 Å². The van der Waals surface area contributed by atoms with E-state index < -0.39 is 0 Å². The van der Waals surface area contributed by atoms with E-state index in [0.717, 1.165) is 0 Å². The van der Waals surface area contributed by atoms with Crippen molar-refractivity contribution in [2.45, 2.75) is 13.3 Å². The van der Waals surface area contributed by atoms with Gasteiger partial charge in [0, 0.05) is 16.7 Å². The summed E-state index contributed by atoms with van der Waals surface area (Å²) in [7, 11) is 0. The minimum absolute atomic E-state index is 0.0480. The van der Waals surface area contributed by atoms with Crippen molar-refractivity contribution >= 4 is 23.2 Å². The number of rotatable bonds is 2. The van der Waals surface area contributed by atoms with Crippen LogP contribution in [-0.4, -0.2) is 11.6 Å². The molecule has 0 spiro atoms. The Labute approximate surface area is 105 Å². The first-order chi connectivity index (χ1) is 8.16. The molecule has 0 saturated carbocycles. The molecular weight excluding hydrogens is 236 g/mol. The van der Waals surface area contributed by atoms with Gasteiger partial charge in [0.1, 0.15) is 0 Å². The van der Waals surface area contributed by atoms with Gasteiger partial charge in [-0.3, -0.25) is 9.59 Å². The summed E-state index contributed by atoms with van der Waals surface area (Å²) in [6.07, 6.45) is 4.04. The van der Waals surface area contributed by atoms with E-state index in [4.69, 9.17) is 11.6 Å². The number of halogens is 1. The molecule has 1 aromatic carbocycles. The Morgan fingerprint density at radius 2 is 1.71 bits per heavy atom. The van der Waals surface area contributed by atoms with Crippen molar-refractivity contribution in [3.63, 3.8) is 0 Å². The quantitative estimate of drug-likeness (QED) is 0.748. The van der Waals surface area contributed by atoms with Crippen LogP contribution in [0.25, 0.3) is 0 Å². The molecule has 2 nitrogen and oxygen atoms in total. The third-order valence-corrected chi connectivity index (χ3v) is 3.11. The summed E-state index contributed by atoms with van der Waals surface area (Å²) in [5.41, 5.74) is 1.22. The predicted molar refractivity (Wildman–Crippen MR) is 67.4 cm³/mol. The summed E-state index contributed by atoms with van der Waals surface area (Å²) in [5.74, 6) is -0.412. The molecule has 1 aliphatic carbocycles. The Kier molecular flexibility index (Phi) is 3.25. The maximum absolute atomic E-state index is 12.2. The molecule has 0 atom stereocenters. The van der Waals surface area contributed by atoms with Crippen molar-refractivity contribution < 1.29 is 9.59 Å². The summed E-state index contributed by atoms with van der Waals surface area (Å²) >= 11 is 5.97. The van der Waals surface area contributed by atoms with E-state index in [0.29, 0.717) is 23.1 Å². The zero-order valence-electron chi connectivity index (χ0n) is 9.37. The van der Waals surface area contributed by atoms with Gasteiger partial charge in [-0.2, -0.15) is 0 Å². The average molecular weight is 247 g/mol. The minimum Gasteiger partial charge on any atom is -0.289 e. The van der Waals surface area contributed by atoms with E-state index in [1.807, 2.05) is 19.1 Å². The number of carbonyl (C=O) groups is 2. The molecule has 1 aromatic rings. The van der Waals surface area contributed by atoms with E-state index >= 15 is 0 Å². The normalized spacial score (nSPS) is 15.6. The third-order valence-electron chi connectivity index (χ3n) is 2.71. The van der Waals surface area contributed by atoms with Gasteiger partial charge in [-0.05, 0) is 13.3 Å². The van der Waals surface area contributed by atoms with Gasteiger partial charge in [0.15, 0.2) is 5.78 Å². The van der Waals surface area contributed by atoms with Crippen molar-refractivity contribution in [3.05, 3.63) is 58.1 Å². The lowest BCUT2D eigenvalue weighted by Crippen LogP contribution is -2.19. The van der Waals surface area contributed by atoms with Gasteiger partial charge < -0.3 is 0 Å². The number of Topliss-reactive ketones (excluding diaryl/α,β-unsaturated/α-hetero) is 2. The predicted octanol–water partition coefficient (Wildman–Crippen LogP) is 3.52. The molecule has 0 saturated heterocycles. The molecule has 0 aliphatic heterocycles. The molecule has 0 N–H and O–H groups in total. The molecule has 0 heterocycles. The van der Waals surface area contributed by atoms with Crippen molar-refractivity contribution in [1.29, 1.82) is 0 Å². The van der Waals surface area contributed by atoms with Gasteiger partial charge in [0.05, 0.1) is 5.03 Å². The van der Waals surface area contributed by atoms with E-state index in [2.05, 4.69) is 0 Å². The van der Waals surface area contributed by atoms with Crippen LogP contribution in [0.3, 0.4) is 0 Å². The summed E-state index contributed by atoms with van der Waals surface area (Å²) in [4.78, 5) is 24.1. The molecule has 2 rings (SSSR count). The lowest BCUT2D eigenvalue weighted by Gasteiger charge is -2.16. The van der Waals surface area contributed by atoms with Gasteiger partial charge in [-0.25, -0.2) is 0 Å². The van der Waals surface area contributed by atoms with Crippen LogP contribution >= 0.6 is 11.6 Å². The second-order valence-corrected chi connectivity index (χ2v) is 4.15. The van der Waals surface area contributed by atoms with Gasteiger partial charge in [-0.15, -0.1) is 0 Å². The lowest BCUT2D eigenvalue weighted by molar-refractivity contribution is 0.0979. The summed E-state index contributed by atoms with van der Waals surface area (Å²) in [5, 5.41) is 0.0480. The molecule has 0 radical (unpaired) electrons. The maximum atomic E-state index is 12.2. The molecule has 3 heteroatoms. The van der Waals surface area contributed by atoms with Gasteiger partial charge in [-0.1, -0.05) is 48.0 Å². The fourth-order valence-electron chi connectivity index (χ4n) is 1.81. The van der Waals surface area contributed by atoms with E-state index in [1.54, 1.807) is 24.3 Å². The number of benzene rings is 1. The zero-order chi connectivity index (χ0) is 12.4. The smallest absolute Gasteiger partial charge is 0.205 e. The van der Waals surface area contributed by atoms with E-state index in [9.17, 15) is 9.59 Å². The molecule has 0 unspecified atom stereocenters. The first kappa shape index (κ1) is 11.8. The van der Waals surface area contributed by atoms with Crippen LogP contribution in [0.1, 0.15) is 34.1 Å². The Balaban J connectivity index is 2.54. The van der Waals surface area contributed by atoms with E-state index in [-0.39, 0.29) is 16.6 Å². The number of ketones is 2. The highest BCUT2D eigenvalue weighted by atomic mass is 35.5. The highest BCUT2D eigenvalue weighted by molar-refractivity contribution is 6.50. The molecule has 0 aromatic heterocycles. The van der Waals surface area contributed by atoms with Crippen LogP contribution in [0.4, 0.5) is 0 Å². The lowest BCUT2D eigenvalue weighted by atomic mass is 9.88. The topological polar surface area (TPSA) is 34.1 Å². The van der Waals surface area contributed by atoms with Crippen molar-refractivity contribution in [2.24, 2.45) is 0 Å². The maximum Gasteiger partial charge on any atom is 0.205 e. The molecule has 0 bridgehead atoms. The van der Waals surface area contributed by atoms with Crippen LogP contribution in [0.5, 0.6) is 0 Å². The van der Waals surface area contributed by atoms with Crippen LogP contribution in [0.2, 0.25) is 0 Å². The van der Waals surface area contributed by atoms with Crippen LogP contribution in [0.15, 0.2) is 47.0 Å². The fraction of sp³-hybridized carbons (Fsp3) is 0.143. The van der Waals surface area contributed by atoms with Gasteiger partial charge in [0.2, 0.25) is 5.78 Å². The highest BCUT2D eigenvalue weighted by Crippen LogP contribution is 2.30. The minimum atomic E-state index is -0.263. The SMILES string of the molecule is CC=CCC1=C(Cl)C(=O)c2ccccc2C1=O. The first-order valence-electron chi connectivity index (χ1n) is 5.35. The number of hydrogen-bond donors (Lipinski definition) is 0. The summed E-state index contributed by atoms with van der Waals surface area (Å²) in [6.45, 7) is 1.86. The fourth-order valence-corrected chi connectivity index (χ4v) is 2.08. The highest BCUT2D eigenvalue weighted by Gasteiger charge is 2.29. The molecule has 17 heavy (non-hydrogen) atoms. The molecule has 1 aliphatic rings. The summed E-state index contributed by atoms with van der Waals surface area (Å²) in [6, 6.07) is 6.76. The molecule has 0 amide bonds. The first-order valence-corrected chi connectivity index (χ1v) is 5.73. The number of fused-ring (bicyclic) bond motifs is 1. The Hall–Kier alpha value is -1.67. The van der Waals surface area contributed by atoms with Crippen molar-refractivity contribution in [3.8, 4) is 0 Å². The second kappa shape index (κ2) is 4.68. The summed E-state index contributed by atoms with van der Waals surface area (Å²) < 4.78 is 0. The average Bonchev–Trinajstić information content (AvgIpc) is 2.36. The molecule has 0 fully saturated rings. The Bertz CT molecular complexity index is 553. The van der Waals surface area contributed by atoms with Crippen LogP contribution in [-0.2, 0) is 0 Å². The molecule has 86 valence electrons.